The van der Waals surface area contributed by atoms with Crippen LogP contribution in [-0.4, -0.2) is 21.4 Å². The molecule has 0 radical (unpaired) electrons. The van der Waals surface area contributed by atoms with E-state index < -0.39 is 16.6 Å². The fourth-order valence-corrected chi connectivity index (χ4v) is 2.93. The number of anilines is 1. The third-order valence-corrected chi connectivity index (χ3v) is 4.28. The number of halogens is 2. The fraction of sp³-hybridized carbons (Fsp3) is 0.455. The maximum atomic E-state index is 13.2. The van der Waals surface area contributed by atoms with Gasteiger partial charge in [-0.2, -0.15) is 13.8 Å². The number of rotatable bonds is 2. The zero-order valence-corrected chi connectivity index (χ0v) is 10.1. The Labute approximate surface area is 102 Å². The summed E-state index contributed by atoms with van der Waals surface area (Å²) in [5, 5.41) is 2.46. The van der Waals surface area contributed by atoms with E-state index in [0.29, 0.717) is 0 Å². The molecule has 92 valence electrons. The Morgan fingerprint density at radius 2 is 2.29 bits per heavy atom. The molecule has 0 saturated carbocycles. The minimum atomic E-state index is -0.995. The van der Waals surface area contributed by atoms with E-state index in [-0.39, 0.29) is 11.6 Å². The number of aromatic nitrogens is 1. The zero-order valence-electron chi connectivity index (χ0n) is 9.30. The van der Waals surface area contributed by atoms with E-state index in [4.69, 9.17) is 0 Å². The summed E-state index contributed by atoms with van der Waals surface area (Å²) < 4.78 is 25.3. The average molecular weight is 258 g/mol. The topological polar surface area (TPSA) is 42.0 Å². The molecular formula is C11H12F2N2OS. The first kappa shape index (κ1) is 12.3. The summed E-state index contributed by atoms with van der Waals surface area (Å²) in [5.41, 5.74) is -0.0786. The van der Waals surface area contributed by atoms with Crippen LogP contribution < -0.4 is 5.32 Å². The molecule has 1 aliphatic rings. The minimum absolute atomic E-state index is 0.0786. The molecule has 0 bridgehead atoms. The second-order valence-corrected chi connectivity index (χ2v) is 5.71. The number of nitrogens with zero attached hydrogens (tertiary/aromatic N) is 1. The Bertz CT molecular complexity index is 447. The van der Waals surface area contributed by atoms with Crippen molar-refractivity contribution in [3.05, 3.63) is 24.0 Å². The fourth-order valence-electron chi connectivity index (χ4n) is 1.72. The minimum Gasteiger partial charge on any atom is -0.321 e. The molecule has 1 unspecified atom stereocenters. The average Bonchev–Trinajstić information content (AvgIpc) is 2.71. The van der Waals surface area contributed by atoms with Crippen LogP contribution in [0.2, 0.25) is 0 Å². The molecule has 1 aliphatic heterocycles. The Kier molecular flexibility index (Phi) is 3.33. The lowest BCUT2D eigenvalue weighted by Crippen LogP contribution is -2.35. The molecule has 0 aliphatic carbocycles. The maximum Gasteiger partial charge on any atom is 0.240 e. The van der Waals surface area contributed by atoms with E-state index in [1.807, 2.05) is 6.92 Å². The van der Waals surface area contributed by atoms with Crippen LogP contribution in [0.1, 0.15) is 19.8 Å². The molecule has 2 heterocycles. The van der Waals surface area contributed by atoms with Gasteiger partial charge in [0.15, 0.2) is 0 Å². The van der Waals surface area contributed by atoms with Gasteiger partial charge in [-0.25, -0.2) is 0 Å². The van der Waals surface area contributed by atoms with Gasteiger partial charge >= 0.3 is 0 Å². The van der Waals surface area contributed by atoms with Crippen LogP contribution in [0, 0.1) is 11.9 Å². The molecule has 3 nitrogen and oxygen atoms in total. The third-order valence-electron chi connectivity index (χ3n) is 2.76. The molecule has 2 rings (SSSR count). The number of carbonyl (C=O) groups excluding carboxylic acids is 1. The van der Waals surface area contributed by atoms with Crippen molar-refractivity contribution in [2.24, 2.45) is 0 Å². The van der Waals surface area contributed by atoms with Crippen molar-refractivity contribution in [2.75, 3.05) is 11.1 Å². The third kappa shape index (κ3) is 2.57. The highest BCUT2D eigenvalue weighted by Gasteiger charge is 2.37. The van der Waals surface area contributed by atoms with Crippen LogP contribution >= 0.6 is 11.8 Å². The van der Waals surface area contributed by atoms with Crippen LogP contribution in [-0.2, 0) is 4.79 Å². The van der Waals surface area contributed by atoms with Crippen LogP contribution in [0.5, 0.6) is 0 Å². The maximum absolute atomic E-state index is 13.2. The van der Waals surface area contributed by atoms with Gasteiger partial charge in [-0.1, -0.05) is 0 Å². The molecule has 17 heavy (non-hydrogen) atoms. The summed E-state index contributed by atoms with van der Waals surface area (Å²) in [4.78, 5) is 15.0. The normalized spacial score (nSPS) is 23.7. The second kappa shape index (κ2) is 4.60. The van der Waals surface area contributed by atoms with Gasteiger partial charge in [-0.15, -0.1) is 11.8 Å². The predicted octanol–water partition coefficient (Wildman–Crippen LogP) is 2.58. The number of hydrogen-bond acceptors (Lipinski definition) is 3. The van der Waals surface area contributed by atoms with E-state index in [1.165, 1.54) is 6.07 Å². The summed E-state index contributed by atoms with van der Waals surface area (Å²) >= 11 is 1.55. The van der Waals surface area contributed by atoms with E-state index in [9.17, 15) is 13.6 Å². The van der Waals surface area contributed by atoms with Crippen molar-refractivity contribution in [1.29, 1.82) is 0 Å². The van der Waals surface area contributed by atoms with Crippen LogP contribution in [0.3, 0.4) is 0 Å². The standard InChI is InChI=1S/C11H12F2N2OS/c1-11(5-2-6-17-11)10(16)14-7-3-4-8(12)15-9(7)13/h3-4H,2,5-6H2,1H3,(H,14,16). The zero-order chi connectivity index (χ0) is 12.5. The first-order valence-electron chi connectivity index (χ1n) is 5.29. The molecule has 1 aromatic heterocycles. The molecule has 1 atom stereocenters. The van der Waals surface area contributed by atoms with E-state index in [2.05, 4.69) is 10.3 Å². The number of thioether (sulfide) groups is 1. The lowest BCUT2D eigenvalue weighted by atomic mass is 10.0. The van der Waals surface area contributed by atoms with Crippen LogP contribution in [0.15, 0.2) is 12.1 Å². The highest BCUT2D eigenvalue weighted by atomic mass is 32.2. The van der Waals surface area contributed by atoms with Gasteiger partial charge in [0.1, 0.15) is 0 Å². The molecule has 1 N–H and O–H groups in total. The molecule has 1 aromatic rings. The predicted molar refractivity (Wildman–Crippen MR) is 62.9 cm³/mol. The monoisotopic (exact) mass is 258 g/mol. The smallest absolute Gasteiger partial charge is 0.240 e. The van der Waals surface area contributed by atoms with E-state index in [1.54, 1.807) is 11.8 Å². The van der Waals surface area contributed by atoms with Crippen molar-refractivity contribution < 1.29 is 13.6 Å². The molecule has 0 spiro atoms. The van der Waals surface area contributed by atoms with Crippen molar-refractivity contribution in [2.45, 2.75) is 24.5 Å². The molecule has 0 aromatic carbocycles. The Hall–Kier alpha value is -1.17. The lowest BCUT2D eigenvalue weighted by molar-refractivity contribution is -0.118. The SMILES string of the molecule is CC1(C(=O)Nc2ccc(F)nc2F)CCCS1. The van der Waals surface area contributed by atoms with Crippen molar-refractivity contribution in [1.82, 2.24) is 4.98 Å². The van der Waals surface area contributed by atoms with Gasteiger partial charge < -0.3 is 5.32 Å². The van der Waals surface area contributed by atoms with Crippen LogP contribution in [0.25, 0.3) is 0 Å². The van der Waals surface area contributed by atoms with E-state index in [0.717, 1.165) is 24.7 Å². The number of nitrogens with one attached hydrogen (secondary N) is 1. The lowest BCUT2D eigenvalue weighted by Gasteiger charge is -2.21. The van der Waals surface area contributed by atoms with Gasteiger partial charge in [-0.05, 0) is 37.7 Å². The number of hydrogen-bond donors (Lipinski definition) is 1. The molecule has 1 amide bonds. The summed E-state index contributed by atoms with van der Waals surface area (Å²) in [6.45, 7) is 1.83. The van der Waals surface area contributed by atoms with Gasteiger partial charge in [0.2, 0.25) is 17.8 Å². The Morgan fingerprint density at radius 1 is 1.53 bits per heavy atom. The van der Waals surface area contributed by atoms with Gasteiger partial charge in [0, 0.05) is 0 Å². The van der Waals surface area contributed by atoms with E-state index >= 15 is 0 Å². The molecule has 1 fully saturated rings. The first-order valence-corrected chi connectivity index (χ1v) is 6.27. The second-order valence-electron chi connectivity index (χ2n) is 4.11. The number of pyridine rings is 1. The van der Waals surface area contributed by atoms with Gasteiger partial charge in [0.25, 0.3) is 0 Å². The van der Waals surface area contributed by atoms with Gasteiger partial charge in [0.05, 0.1) is 10.4 Å². The summed E-state index contributed by atoms with van der Waals surface area (Å²) in [7, 11) is 0. The Balaban J connectivity index is 2.13. The van der Waals surface area contributed by atoms with Crippen LogP contribution in [0.4, 0.5) is 14.5 Å². The Morgan fingerprint density at radius 3 is 2.88 bits per heavy atom. The number of carbonyl (C=O) groups is 1. The number of amides is 1. The van der Waals surface area contributed by atoms with Crippen molar-refractivity contribution >= 4 is 23.4 Å². The first-order chi connectivity index (χ1) is 8.01. The largest absolute Gasteiger partial charge is 0.321 e. The van der Waals surface area contributed by atoms with Gasteiger partial charge in [-0.3, -0.25) is 4.79 Å². The van der Waals surface area contributed by atoms with Crippen molar-refractivity contribution in [3.8, 4) is 0 Å². The summed E-state index contributed by atoms with van der Waals surface area (Å²) in [6, 6.07) is 2.20. The van der Waals surface area contributed by atoms with Crippen molar-refractivity contribution in [3.63, 3.8) is 0 Å². The summed E-state index contributed by atoms with van der Waals surface area (Å²) in [5.74, 6) is -1.23. The highest BCUT2D eigenvalue weighted by molar-refractivity contribution is 8.01. The quantitative estimate of drug-likeness (QED) is 0.829. The summed E-state index contributed by atoms with van der Waals surface area (Å²) in [6.07, 6.45) is 1.73. The molecule has 6 heteroatoms. The highest BCUT2D eigenvalue weighted by Crippen LogP contribution is 2.38. The molecule has 1 saturated heterocycles. The molecular weight excluding hydrogens is 246 g/mol.